The van der Waals surface area contributed by atoms with Crippen LogP contribution in [0, 0.1) is 5.82 Å². The zero-order chi connectivity index (χ0) is 20.6. The van der Waals surface area contributed by atoms with Crippen LogP contribution in [0.2, 0.25) is 0 Å². The summed E-state index contributed by atoms with van der Waals surface area (Å²) in [4.78, 5) is 24.2. The Bertz CT molecular complexity index is 1010. The van der Waals surface area contributed by atoms with Crippen molar-refractivity contribution in [2.45, 2.75) is 6.42 Å². The van der Waals surface area contributed by atoms with E-state index in [1.165, 1.54) is 24.3 Å². The number of hydrogen-bond acceptors (Lipinski definition) is 3. The molecule has 7 heteroatoms. The molecule has 0 aliphatic carbocycles. The Kier molecular flexibility index (Phi) is 6.65. The lowest BCUT2D eigenvalue weighted by Gasteiger charge is -2.11. The molecule has 0 heterocycles. The minimum atomic E-state index is -0.438. The van der Waals surface area contributed by atoms with Crippen LogP contribution in [-0.2, 0) is 11.2 Å². The van der Waals surface area contributed by atoms with Gasteiger partial charge in [0.05, 0.1) is 6.42 Å². The van der Waals surface area contributed by atoms with E-state index < -0.39 is 11.7 Å². The molecule has 29 heavy (non-hydrogen) atoms. The first-order chi connectivity index (χ1) is 14.0. The van der Waals surface area contributed by atoms with Gasteiger partial charge in [-0.25, -0.2) is 4.39 Å². The first-order valence-corrected chi connectivity index (χ1v) is 9.22. The van der Waals surface area contributed by atoms with E-state index in [2.05, 4.69) is 16.0 Å². The van der Waals surface area contributed by atoms with Crippen LogP contribution in [-0.4, -0.2) is 16.9 Å². The number of amides is 2. The van der Waals surface area contributed by atoms with E-state index in [0.29, 0.717) is 23.4 Å². The van der Waals surface area contributed by atoms with Crippen molar-refractivity contribution in [3.05, 3.63) is 95.8 Å². The maximum atomic E-state index is 12.9. The molecule has 0 bridgehead atoms. The molecule has 0 fully saturated rings. The number of halogens is 1. The Morgan fingerprint density at radius 3 is 2.00 bits per heavy atom. The monoisotopic (exact) mass is 407 g/mol. The van der Waals surface area contributed by atoms with Crippen molar-refractivity contribution in [1.29, 1.82) is 0 Å². The van der Waals surface area contributed by atoms with Gasteiger partial charge in [-0.05, 0) is 66.3 Å². The van der Waals surface area contributed by atoms with E-state index in [9.17, 15) is 14.0 Å². The highest BCUT2D eigenvalue weighted by Gasteiger charge is 2.08. The SMILES string of the molecule is O=C(Cc1ccccc1)Nc1ccc(NC(=S)NC(=O)c2ccc(F)cc2)cc1. The summed E-state index contributed by atoms with van der Waals surface area (Å²) >= 11 is 5.13. The number of thiocarbonyl (C=S) groups is 1. The second kappa shape index (κ2) is 9.57. The Hall–Kier alpha value is -3.58. The van der Waals surface area contributed by atoms with Crippen LogP contribution in [0.5, 0.6) is 0 Å². The number of carbonyl (C=O) groups excluding carboxylic acids is 2. The van der Waals surface area contributed by atoms with E-state index >= 15 is 0 Å². The molecule has 0 unspecified atom stereocenters. The van der Waals surface area contributed by atoms with E-state index in [4.69, 9.17) is 12.2 Å². The molecule has 0 atom stereocenters. The molecule has 2 amide bonds. The first-order valence-electron chi connectivity index (χ1n) is 8.81. The fourth-order valence-electron chi connectivity index (χ4n) is 2.56. The Labute approximate surface area is 173 Å². The lowest BCUT2D eigenvalue weighted by molar-refractivity contribution is -0.115. The minimum absolute atomic E-state index is 0.111. The van der Waals surface area contributed by atoms with Gasteiger partial charge in [0.1, 0.15) is 5.82 Å². The fraction of sp³-hybridized carbons (Fsp3) is 0.0455. The molecular formula is C22H18FN3O2S. The summed E-state index contributed by atoms with van der Waals surface area (Å²) in [6.45, 7) is 0. The number of carbonyl (C=O) groups is 2. The highest BCUT2D eigenvalue weighted by atomic mass is 32.1. The quantitative estimate of drug-likeness (QED) is 0.556. The van der Waals surface area contributed by atoms with Gasteiger partial charge < -0.3 is 10.6 Å². The zero-order valence-corrected chi connectivity index (χ0v) is 16.1. The van der Waals surface area contributed by atoms with Crippen molar-refractivity contribution in [1.82, 2.24) is 5.32 Å². The van der Waals surface area contributed by atoms with Gasteiger partial charge in [0.15, 0.2) is 5.11 Å². The van der Waals surface area contributed by atoms with Gasteiger partial charge in [-0.1, -0.05) is 30.3 Å². The van der Waals surface area contributed by atoms with E-state index in [1.54, 1.807) is 24.3 Å². The standard InChI is InChI=1S/C22H18FN3O2S/c23-17-8-6-16(7-9-17)21(28)26-22(29)25-19-12-10-18(11-13-19)24-20(27)14-15-4-2-1-3-5-15/h1-13H,14H2,(H,24,27)(H2,25,26,28,29). The number of nitrogens with one attached hydrogen (secondary N) is 3. The summed E-state index contributed by atoms with van der Waals surface area (Å²) in [6, 6.07) is 21.6. The fourth-order valence-corrected chi connectivity index (χ4v) is 2.77. The van der Waals surface area contributed by atoms with Crippen LogP contribution < -0.4 is 16.0 Å². The van der Waals surface area contributed by atoms with Gasteiger partial charge in [-0.3, -0.25) is 14.9 Å². The predicted molar refractivity (Wildman–Crippen MR) is 115 cm³/mol. The molecule has 0 radical (unpaired) electrons. The first kappa shape index (κ1) is 20.2. The zero-order valence-electron chi connectivity index (χ0n) is 15.3. The molecule has 3 N–H and O–H groups in total. The second-order valence-electron chi connectivity index (χ2n) is 6.20. The normalized spacial score (nSPS) is 10.1. The van der Waals surface area contributed by atoms with Crippen molar-refractivity contribution < 1.29 is 14.0 Å². The maximum absolute atomic E-state index is 12.9. The summed E-state index contributed by atoms with van der Waals surface area (Å²) in [5.41, 5.74) is 2.53. The van der Waals surface area contributed by atoms with Gasteiger partial charge in [0, 0.05) is 16.9 Å². The summed E-state index contributed by atoms with van der Waals surface area (Å²) < 4.78 is 12.9. The van der Waals surface area contributed by atoms with Gasteiger partial charge in [0.2, 0.25) is 5.91 Å². The topological polar surface area (TPSA) is 70.2 Å². The molecule has 5 nitrogen and oxygen atoms in total. The van der Waals surface area contributed by atoms with Gasteiger partial charge >= 0.3 is 0 Å². The average molecular weight is 407 g/mol. The summed E-state index contributed by atoms with van der Waals surface area (Å²) in [5.74, 6) is -0.968. The summed E-state index contributed by atoms with van der Waals surface area (Å²) in [7, 11) is 0. The molecule has 146 valence electrons. The van der Waals surface area contributed by atoms with Gasteiger partial charge in [-0.15, -0.1) is 0 Å². The maximum Gasteiger partial charge on any atom is 0.257 e. The van der Waals surface area contributed by atoms with Crippen molar-refractivity contribution in [3.63, 3.8) is 0 Å². The van der Waals surface area contributed by atoms with E-state index in [-0.39, 0.29) is 11.0 Å². The Morgan fingerprint density at radius 1 is 0.793 bits per heavy atom. The molecule has 0 aliphatic rings. The highest BCUT2D eigenvalue weighted by molar-refractivity contribution is 7.80. The second-order valence-corrected chi connectivity index (χ2v) is 6.61. The van der Waals surface area contributed by atoms with Crippen molar-refractivity contribution >= 4 is 40.5 Å². The van der Waals surface area contributed by atoms with Crippen LogP contribution in [0.15, 0.2) is 78.9 Å². The number of hydrogen-bond donors (Lipinski definition) is 3. The predicted octanol–water partition coefficient (Wildman–Crippen LogP) is 4.13. The average Bonchev–Trinajstić information content (AvgIpc) is 2.70. The lowest BCUT2D eigenvalue weighted by Crippen LogP contribution is -2.34. The summed E-state index contributed by atoms with van der Waals surface area (Å²) in [5, 5.41) is 8.36. The van der Waals surface area contributed by atoms with E-state index in [0.717, 1.165) is 5.56 Å². The lowest BCUT2D eigenvalue weighted by atomic mass is 10.1. The smallest absolute Gasteiger partial charge is 0.257 e. The summed E-state index contributed by atoms with van der Waals surface area (Å²) in [6.07, 6.45) is 0.292. The van der Waals surface area contributed by atoms with Gasteiger partial charge in [-0.2, -0.15) is 0 Å². The number of anilines is 2. The largest absolute Gasteiger partial charge is 0.332 e. The molecule has 3 rings (SSSR count). The van der Waals surface area contributed by atoms with Crippen LogP contribution in [0.4, 0.5) is 15.8 Å². The van der Waals surface area contributed by atoms with Crippen LogP contribution in [0.1, 0.15) is 15.9 Å². The van der Waals surface area contributed by atoms with Crippen LogP contribution in [0.25, 0.3) is 0 Å². The highest BCUT2D eigenvalue weighted by Crippen LogP contribution is 2.14. The van der Waals surface area contributed by atoms with Crippen molar-refractivity contribution in [2.75, 3.05) is 10.6 Å². The molecule has 0 saturated heterocycles. The third-order valence-electron chi connectivity index (χ3n) is 3.97. The molecule has 0 saturated carbocycles. The molecule has 0 spiro atoms. The third kappa shape index (κ3) is 6.22. The Morgan fingerprint density at radius 2 is 1.38 bits per heavy atom. The Balaban J connectivity index is 1.50. The minimum Gasteiger partial charge on any atom is -0.332 e. The number of rotatable bonds is 5. The molecule has 0 aliphatic heterocycles. The van der Waals surface area contributed by atoms with E-state index in [1.807, 2.05) is 30.3 Å². The molecular weight excluding hydrogens is 389 g/mol. The molecule has 3 aromatic rings. The van der Waals surface area contributed by atoms with Gasteiger partial charge in [0.25, 0.3) is 5.91 Å². The number of benzene rings is 3. The van der Waals surface area contributed by atoms with Crippen molar-refractivity contribution in [2.24, 2.45) is 0 Å². The van der Waals surface area contributed by atoms with Crippen molar-refractivity contribution in [3.8, 4) is 0 Å². The van der Waals surface area contributed by atoms with Crippen LogP contribution in [0.3, 0.4) is 0 Å². The third-order valence-corrected chi connectivity index (χ3v) is 4.17. The molecule has 3 aromatic carbocycles. The molecule has 0 aromatic heterocycles. The van der Waals surface area contributed by atoms with Crippen LogP contribution >= 0.6 is 12.2 Å².